The summed E-state index contributed by atoms with van der Waals surface area (Å²) >= 11 is 6.39. The fourth-order valence-electron chi connectivity index (χ4n) is 4.76. The second-order valence-corrected chi connectivity index (χ2v) is 13.3. The molecule has 1 atom stereocenters. The summed E-state index contributed by atoms with van der Waals surface area (Å²) in [5.74, 6) is -0.768. The minimum Gasteiger partial charge on any atom is -0.333 e. The molecule has 196 valence electrons. The van der Waals surface area contributed by atoms with E-state index in [2.05, 4.69) is 47.0 Å². The molecule has 0 heterocycles. The predicted octanol–water partition coefficient (Wildman–Crippen LogP) is 5.75. The molecule has 0 aliphatic carbocycles. The highest BCUT2D eigenvalue weighted by Gasteiger charge is 2.54. The van der Waals surface area contributed by atoms with E-state index in [1.165, 1.54) is 0 Å². The number of rotatable bonds is 9. The molecule has 0 spiro atoms. The van der Waals surface area contributed by atoms with Gasteiger partial charge in [0.2, 0.25) is 0 Å². The van der Waals surface area contributed by atoms with Gasteiger partial charge in [0.1, 0.15) is 15.9 Å². The Hall–Kier alpha value is -4.44. The summed E-state index contributed by atoms with van der Waals surface area (Å²) in [6, 6.07) is 47.2. The average molecular weight is 560 g/mol. The third kappa shape index (κ3) is 5.62. The summed E-state index contributed by atoms with van der Waals surface area (Å²) in [4.78, 5) is 27.6. The van der Waals surface area contributed by atoms with Gasteiger partial charge in [0, 0.05) is 11.3 Å². The minimum atomic E-state index is -2.75. The lowest BCUT2D eigenvalue weighted by atomic mass is 10.2. The molecule has 5 rings (SSSR count). The van der Waals surface area contributed by atoms with Crippen LogP contribution in [0.3, 0.4) is 0 Å². The molecule has 0 aliphatic rings. The zero-order valence-electron chi connectivity index (χ0n) is 21.7. The van der Waals surface area contributed by atoms with Crippen LogP contribution in [0, 0.1) is 0 Å². The Kier molecular flexibility index (Phi) is 8.56. The molecule has 1 unspecified atom stereocenters. The summed E-state index contributed by atoms with van der Waals surface area (Å²) in [6.07, 6.45) is 0. The van der Waals surface area contributed by atoms with Gasteiger partial charge in [0.25, 0.3) is 11.8 Å². The summed E-state index contributed by atoms with van der Waals surface area (Å²) in [5.41, 5.74) is 1.07. The Morgan fingerprint density at radius 1 is 0.550 bits per heavy atom. The van der Waals surface area contributed by atoms with Gasteiger partial charge >= 0.3 is 0 Å². The lowest BCUT2D eigenvalue weighted by molar-refractivity contribution is -0.116. The molecule has 5 aromatic carbocycles. The average Bonchev–Trinajstić information content (AvgIpc) is 3.02. The Balaban J connectivity index is 1.70. The molecule has 0 aliphatic heterocycles. The smallest absolute Gasteiger partial charge is 0.256 e. The molecule has 0 saturated carbocycles. The largest absolute Gasteiger partial charge is 0.333 e. The number of amides is 2. The Morgan fingerprint density at radius 2 is 0.925 bits per heavy atom. The van der Waals surface area contributed by atoms with Gasteiger partial charge in [0.05, 0.1) is 0 Å². The number of thiocarbonyl (C=S) groups is 1. The Labute approximate surface area is 240 Å². The molecule has 0 fully saturated rings. The standard InChI is InChI=1S/C34H27N2O2PS/c37-32(26-16-6-1-7-17-26)36-31(33(38)35-27-18-8-2-9-19-27)34(40)39(28-20-10-3-11-21-28,29-22-12-4-13-23-29)30-24-14-5-15-25-30/h1-25,31H,(H-,35,36,37,38)/p+1. The summed E-state index contributed by atoms with van der Waals surface area (Å²) in [6.45, 7) is 0. The van der Waals surface area contributed by atoms with Crippen LogP contribution in [0.15, 0.2) is 152 Å². The highest BCUT2D eigenvalue weighted by atomic mass is 32.1. The van der Waals surface area contributed by atoms with Crippen LogP contribution < -0.4 is 26.5 Å². The monoisotopic (exact) mass is 559 g/mol. The molecular formula is C34H28N2O2PS+. The van der Waals surface area contributed by atoms with Gasteiger partial charge < -0.3 is 10.6 Å². The molecule has 0 bridgehead atoms. The van der Waals surface area contributed by atoms with Gasteiger partial charge in [-0.3, -0.25) is 9.59 Å². The molecule has 2 amide bonds. The minimum absolute atomic E-state index is 0.372. The van der Waals surface area contributed by atoms with Gasteiger partial charge in [-0.25, -0.2) is 0 Å². The van der Waals surface area contributed by atoms with Crippen LogP contribution in [0.25, 0.3) is 0 Å². The van der Waals surface area contributed by atoms with E-state index in [4.69, 9.17) is 12.2 Å². The molecule has 2 N–H and O–H groups in total. The molecule has 0 radical (unpaired) electrons. The van der Waals surface area contributed by atoms with Crippen molar-refractivity contribution < 1.29 is 9.59 Å². The molecule has 6 heteroatoms. The van der Waals surface area contributed by atoms with Gasteiger partial charge in [-0.1, -0.05) is 91.0 Å². The number of carbonyl (C=O) groups excluding carboxylic acids is 2. The molecule has 0 saturated heterocycles. The van der Waals surface area contributed by atoms with Crippen molar-refractivity contribution in [3.8, 4) is 0 Å². The first-order valence-electron chi connectivity index (χ1n) is 12.9. The summed E-state index contributed by atoms with van der Waals surface area (Å²) in [7, 11) is -2.75. The maximum absolute atomic E-state index is 14.1. The number of hydrogen-bond donors (Lipinski definition) is 2. The topological polar surface area (TPSA) is 58.2 Å². The first-order chi connectivity index (χ1) is 19.6. The van der Waals surface area contributed by atoms with E-state index >= 15 is 0 Å². The molecular weight excluding hydrogens is 531 g/mol. The quantitative estimate of drug-likeness (QED) is 0.179. The maximum atomic E-state index is 14.1. The first-order valence-corrected chi connectivity index (χ1v) is 15.1. The predicted molar refractivity (Wildman–Crippen MR) is 171 cm³/mol. The molecule has 4 nitrogen and oxygen atoms in total. The van der Waals surface area contributed by atoms with Crippen molar-refractivity contribution in [2.75, 3.05) is 5.32 Å². The number of carbonyl (C=O) groups is 2. The van der Waals surface area contributed by atoms with Crippen molar-refractivity contribution in [2.45, 2.75) is 6.04 Å². The molecule has 40 heavy (non-hydrogen) atoms. The maximum Gasteiger partial charge on any atom is 0.256 e. The van der Waals surface area contributed by atoms with Crippen molar-refractivity contribution >= 4 is 57.5 Å². The fourth-order valence-corrected chi connectivity index (χ4v) is 9.96. The molecule has 0 aromatic heterocycles. The second kappa shape index (κ2) is 12.6. The normalized spacial score (nSPS) is 11.7. The van der Waals surface area contributed by atoms with Crippen LogP contribution in [-0.2, 0) is 4.79 Å². The SMILES string of the molecule is O=C(NC(C(=O)Nc1ccccc1)C(=S)[P+](c1ccccc1)(c1ccccc1)c1ccccc1)c1ccccc1. The van der Waals surface area contributed by atoms with Crippen molar-refractivity contribution in [3.63, 3.8) is 0 Å². The Morgan fingerprint density at radius 3 is 1.35 bits per heavy atom. The highest BCUT2D eigenvalue weighted by molar-refractivity contribution is 8.18. The highest BCUT2D eigenvalue weighted by Crippen LogP contribution is 2.57. The van der Waals surface area contributed by atoms with Gasteiger partial charge in [-0.15, -0.1) is 0 Å². The zero-order chi connectivity index (χ0) is 27.8. The van der Waals surface area contributed by atoms with Crippen molar-refractivity contribution in [1.29, 1.82) is 0 Å². The first kappa shape index (κ1) is 27.1. The van der Waals surface area contributed by atoms with E-state index in [0.717, 1.165) is 15.9 Å². The van der Waals surface area contributed by atoms with Crippen LogP contribution in [0.5, 0.6) is 0 Å². The number of para-hydroxylation sites is 1. The van der Waals surface area contributed by atoms with E-state index in [1.54, 1.807) is 24.3 Å². The van der Waals surface area contributed by atoms with Gasteiger partial charge in [-0.05, 0) is 72.9 Å². The summed E-state index contributed by atoms with van der Waals surface area (Å²) in [5, 5.41) is 9.00. The van der Waals surface area contributed by atoms with Crippen LogP contribution in [0.2, 0.25) is 0 Å². The van der Waals surface area contributed by atoms with Crippen LogP contribution >= 0.6 is 19.5 Å². The third-order valence-electron chi connectivity index (χ3n) is 6.62. The Bertz CT molecular complexity index is 1490. The van der Waals surface area contributed by atoms with Crippen LogP contribution in [0.1, 0.15) is 10.4 Å². The fraction of sp³-hybridized carbons (Fsp3) is 0.0294. The van der Waals surface area contributed by atoms with E-state index in [-0.39, 0.29) is 5.91 Å². The van der Waals surface area contributed by atoms with Gasteiger partial charge in [-0.2, -0.15) is 0 Å². The lowest BCUT2D eigenvalue weighted by Crippen LogP contribution is -2.52. The van der Waals surface area contributed by atoms with E-state index < -0.39 is 19.2 Å². The number of hydrogen-bond acceptors (Lipinski definition) is 3. The van der Waals surface area contributed by atoms with Crippen molar-refractivity contribution in [1.82, 2.24) is 5.32 Å². The van der Waals surface area contributed by atoms with Crippen LogP contribution in [-0.4, -0.2) is 22.5 Å². The number of benzene rings is 5. The van der Waals surface area contributed by atoms with Crippen LogP contribution in [0.4, 0.5) is 5.69 Å². The zero-order valence-corrected chi connectivity index (χ0v) is 23.4. The van der Waals surface area contributed by atoms with E-state index in [9.17, 15) is 9.59 Å². The number of nitrogens with one attached hydrogen (secondary N) is 2. The molecule has 5 aromatic rings. The van der Waals surface area contributed by atoms with Crippen molar-refractivity contribution in [2.24, 2.45) is 0 Å². The van der Waals surface area contributed by atoms with E-state index in [1.807, 2.05) is 91.0 Å². The second-order valence-electron chi connectivity index (χ2n) is 9.14. The van der Waals surface area contributed by atoms with Crippen molar-refractivity contribution in [3.05, 3.63) is 157 Å². The summed E-state index contributed by atoms with van der Waals surface area (Å²) < 4.78 is 0.466. The van der Waals surface area contributed by atoms with Gasteiger partial charge in [0.15, 0.2) is 17.9 Å². The third-order valence-corrected chi connectivity index (χ3v) is 11.8. The van der Waals surface area contributed by atoms with E-state index in [0.29, 0.717) is 15.9 Å². The lowest BCUT2D eigenvalue weighted by Gasteiger charge is -2.31. The number of anilines is 1.